The second kappa shape index (κ2) is 10.7. The summed E-state index contributed by atoms with van der Waals surface area (Å²) < 4.78 is 0. The van der Waals surface area contributed by atoms with E-state index in [1.54, 1.807) is 23.8 Å². The second-order valence-corrected chi connectivity index (χ2v) is 5.42. The van der Waals surface area contributed by atoms with Gasteiger partial charge in [-0.25, -0.2) is 0 Å². The highest BCUT2D eigenvalue weighted by Gasteiger charge is 2.14. The van der Waals surface area contributed by atoms with E-state index in [4.69, 9.17) is 11.5 Å². The van der Waals surface area contributed by atoms with Crippen LogP contribution in [-0.2, 0) is 0 Å². The van der Waals surface area contributed by atoms with Crippen molar-refractivity contribution in [1.29, 1.82) is 0 Å². The van der Waals surface area contributed by atoms with Crippen molar-refractivity contribution in [3.05, 3.63) is 60.2 Å². The van der Waals surface area contributed by atoms with Crippen molar-refractivity contribution >= 4 is 11.4 Å². The van der Waals surface area contributed by atoms with Crippen LogP contribution in [-0.4, -0.2) is 0 Å². The van der Waals surface area contributed by atoms with Crippen molar-refractivity contribution < 1.29 is 0 Å². The van der Waals surface area contributed by atoms with E-state index in [1.165, 1.54) is 32.1 Å². The fraction of sp³-hybridized carbons (Fsp3) is 0.400. The maximum atomic E-state index is 5.38. The summed E-state index contributed by atoms with van der Waals surface area (Å²) in [5.74, 6) is 0.861. The summed E-state index contributed by atoms with van der Waals surface area (Å²) in [5, 5.41) is 0. The Kier molecular flexibility index (Phi) is 8.82. The third-order valence-electron chi connectivity index (χ3n) is 3.79. The van der Waals surface area contributed by atoms with Gasteiger partial charge in [0.2, 0.25) is 0 Å². The first-order valence-electron chi connectivity index (χ1n) is 8.41. The summed E-state index contributed by atoms with van der Waals surface area (Å²) >= 11 is 0. The molecule has 0 amide bonds. The number of nitrogen functional groups attached to an aromatic ring is 2. The molecule has 2 heteroatoms. The molecule has 22 heavy (non-hydrogen) atoms. The lowest BCUT2D eigenvalue weighted by atomic mass is 9.84. The Morgan fingerprint density at radius 3 is 1.73 bits per heavy atom. The highest BCUT2D eigenvalue weighted by Crippen LogP contribution is 2.32. The molecule has 0 bridgehead atoms. The topological polar surface area (TPSA) is 52.0 Å². The number of anilines is 2. The molecular weight excluding hydrogens is 268 g/mol. The summed E-state index contributed by atoms with van der Waals surface area (Å²) in [6, 6.07) is 18.1. The van der Waals surface area contributed by atoms with Gasteiger partial charge in [-0.1, -0.05) is 69.5 Å². The molecule has 0 unspecified atom stereocenters. The van der Waals surface area contributed by atoms with Gasteiger partial charge < -0.3 is 11.5 Å². The van der Waals surface area contributed by atoms with Crippen molar-refractivity contribution in [2.45, 2.75) is 51.9 Å². The Hall–Kier alpha value is -1.96. The largest absolute Gasteiger partial charge is 0.399 e. The Morgan fingerprint density at radius 1 is 0.727 bits per heavy atom. The zero-order valence-electron chi connectivity index (χ0n) is 14.0. The summed E-state index contributed by atoms with van der Waals surface area (Å²) in [6.45, 7) is 4.00. The van der Waals surface area contributed by atoms with Gasteiger partial charge in [0.15, 0.2) is 0 Å². The quantitative estimate of drug-likeness (QED) is 0.672. The molecule has 0 spiro atoms. The number of hydrogen-bond acceptors (Lipinski definition) is 2. The van der Waals surface area contributed by atoms with Gasteiger partial charge >= 0.3 is 0 Å². The first-order valence-corrected chi connectivity index (χ1v) is 8.41. The predicted octanol–water partition coefficient (Wildman–Crippen LogP) is 5.61. The molecular formula is C20H30N2. The molecule has 2 nitrogen and oxygen atoms in total. The zero-order chi connectivity index (χ0) is 16.2. The van der Waals surface area contributed by atoms with Crippen molar-refractivity contribution in [1.82, 2.24) is 0 Å². The molecule has 120 valence electrons. The van der Waals surface area contributed by atoms with Crippen LogP contribution in [0.4, 0.5) is 11.4 Å². The average molecular weight is 298 g/mol. The second-order valence-electron chi connectivity index (χ2n) is 5.42. The van der Waals surface area contributed by atoms with Crippen LogP contribution in [0.5, 0.6) is 0 Å². The van der Waals surface area contributed by atoms with E-state index in [-0.39, 0.29) is 0 Å². The SMILES string of the molecule is CC.Nc1cccc(N)c1.c1ccc(C2CCCCC2)cc1. The van der Waals surface area contributed by atoms with E-state index in [2.05, 4.69) is 30.3 Å². The van der Waals surface area contributed by atoms with Crippen LogP contribution in [0.2, 0.25) is 0 Å². The van der Waals surface area contributed by atoms with Gasteiger partial charge in [-0.15, -0.1) is 0 Å². The minimum absolute atomic E-state index is 0.713. The molecule has 0 radical (unpaired) electrons. The predicted molar refractivity (Wildman–Crippen MR) is 98.9 cm³/mol. The third-order valence-corrected chi connectivity index (χ3v) is 3.79. The highest BCUT2D eigenvalue weighted by atomic mass is 14.6. The normalized spacial score (nSPS) is 14.1. The van der Waals surface area contributed by atoms with E-state index in [9.17, 15) is 0 Å². The van der Waals surface area contributed by atoms with Gasteiger partial charge in [0.1, 0.15) is 0 Å². The Morgan fingerprint density at radius 2 is 1.27 bits per heavy atom. The third kappa shape index (κ3) is 6.66. The molecule has 0 atom stereocenters. The van der Waals surface area contributed by atoms with Crippen LogP contribution < -0.4 is 11.5 Å². The van der Waals surface area contributed by atoms with Crippen LogP contribution in [0.15, 0.2) is 54.6 Å². The van der Waals surface area contributed by atoms with Crippen molar-refractivity contribution in [2.75, 3.05) is 11.5 Å². The van der Waals surface area contributed by atoms with Crippen LogP contribution >= 0.6 is 0 Å². The van der Waals surface area contributed by atoms with E-state index < -0.39 is 0 Å². The zero-order valence-corrected chi connectivity index (χ0v) is 14.0. The van der Waals surface area contributed by atoms with Crippen LogP contribution in [0.25, 0.3) is 0 Å². The molecule has 0 aromatic heterocycles. The van der Waals surface area contributed by atoms with Gasteiger partial charge in [0.05, 0.1) is 0 Å². The van der Waals surface area contributed by atoms with Gasteiger partial charge in [0.25, 0.3) is 0 Å². The number of benzene rings is 2. The highest BCUT2D eigenvalue weighted by molar-refractivity contribution is 5.50. The minimum Gasteiger partial charge on any atom is -0.399 e. The molecule has 0 saturated heterocycles. The lowest BCUT2D eigenvalue weighted by Crippen LogP contribution is -2.03. The standard InChI is InChI=1S/C12H16.C6H8N2.C2H6/c1-3-7-11(8-4-1)12-9-5-2-6-10-12;7-5-2-1-3-6(8)4-5;1-2/h1,3-4,7-8,12H,2,5-6,9-10H2;1-4H,7-8H2;1-2H3. The molecule has 0 aliphatic heterocycles. The van der Waals surface area contributed by atoms with Crippen molar-refractivity contribution in [2.24, 2.45) is 0 Å². The number of rotatable bonds is 1. The summed E-state index contributed by atoms with van der Waals surface area (Å²) in [6.07, 6.45) is 7.12. The lowest BCUT2D eigenvalue weighted by molar-refractivity contribution is 0.443. The van der Waals surface area contributed by atoms with Crippen LogP contribution in [0, 0.1) is 0 Å². The lowest BCUT2D eigenvalue weighted by Gasteiger charge is -2.21. The molecule has 1 fully saturated rings. The number of hydrogen-bond donors (Lipinski definition) is 2. The molecule has 2 aromatic carbocycles. The van der Waals surface area contributed by atoms with E-state index in [0.717, 1.165) is 5.92 Å². The first kappa shape index (κ1) is 18.1. The summed E-state index contributed by atoms with van der Waals surface area (Å²) in [7, 11) is 0. The van der Waals surface area contributed by atoms with E-state index in [1.807, 2.05) is 19.9 Å². The van der Waals surface area contributed by atoms with E-state index >= 15 is 0 Å². The van der Waals surface area contributed by atoms with Gasteiger partial charge in [-0.3, -0.25) is 0 Å². The molecule has 1 aliphatic carbocycles. The van der Waals surface area contributed by atoms with Gasteiger partial charge in [-0.05, 0) is 42.5 Å². The maximum absolute atomic E-state index is 5.38. The van der Waals surface area contributed by atoms with Gasteiger partial charge in [-0.2, -0.15) is 0 Å². The molecule has 4 N–H and O–H groups in total. The minimum atomic E-state index is 0.713. The van der Waals surface area contributed by atoms with Crippen LogP contribution in [0.3, 0.4) is 0 Å². The average Bonchev–Trinajstić information content (AvgIpc) is 2.59. The molecule has 1 saturated carbocycles. The number of nitrogens with two attached hydrogens (primary N) is 2. The van der Waals surface area contributed by atoms with Crippen molar-refractivity contribution in [3.63, 3.8) is 0 Å². The van der Waals surface area contributed by atoms with Gasteiger partial charge in [0, 0.05) is 11.4 Å². The summed E-state index contributed by atoms with van der Waals surface area (Å²) in [4.78, 5) is 0. The fourth-order valence-corrected chi connectivity index (χ4v) is 2.72. The smallest absolute Gasteiger partial charge is 0.0334 e. The monoisotopic (exact) mass is 298 g/mol. The Balaban J connectivity index is 0.000000211. The Bertz CT molecular complexity index is 485. The molecule has 1 aliphatic rings. The van der Waals surface area contributed by atoms with E-state index in [0.29, 0.717) is 11.4 Å². The molecule has 3 rings (SSSR count). The van der Waals surface area contributed by atoms with Crippen LogP contribution in [0.1, 0.15) is 57.4 Å². The molecule has 0 heterocycles. The summed E-state index contributed by atoms with van der Waals surface area (Å²) in [5.41, 5.74) is 13.7. The Labute approximate surface area is 135 Å². The fourth-order valence-electron chi connectivity index (χ4n) is 2.72. The molecule has 2 aromatic rings. The first-order chi connectivity index (χ1) is 10.8. The van der Waals surface area contributed by atoms with Crippen molar-refractivity contribution in [3.8, 4) is 0 Å². The maximum Gasteiger partial charge on any atom is 0.0334 e.